The van der Waals surface area contributed by atoms with Crippen LogP contribution in [0.3, 0.4) is 0 Å². The Bertz CT molecular complexity index is 992. The quantitative estimate of drug-likeness (QED) is 0.359. The normalized spacial score (nSPS) is 15.6. The van der Waals surface area contributed by atoms with Crippen LogP contribution in [-0.2, 0) is 15.0 Å². The molecule has 1 saturated carbocycles. The second kappa shape index (κ2) is 11.3. The molecule has 11 heteroatoms. The topological polar surface area (TPSA) is 116 Å². The van der Waals surface area contributed by atoms with E-state index >= 15 is 0 Å². The summed E-state index contributed by atoms with van der Waals surface area (Å²) in [6.45, 7) is 6.86. The minimum Gasteiger partial charge on any atom is -0.378 e. The number of carbonyl (C=O) groups excluding carboxylic acids is 2. The molecule has 4 N–H and O–H groups in total. The third-order valence-corrected chi connectivity index (χ3v) is 6.86. The van der Waals surface area contributed by atoms with Gasteiger partial charge in [-0.15, -0.1) is 10.2 Å². The van der Waals surface area contributed by atoms with Crippen LogP contribution < -0.4 is 16.0 Å². The highest BCUT2D eigenvalue weighted by Crippen LogP contribution is 2.31. The monoisotopic (exact) mass is 495 g/mol. The molecule has 1 aromatic carbocycles. The number of amides is 2. The maximum absolute atomic E-state index is 13.4. The Morgan fingerprint density at radius 3 is 2.47 bits per heavy atom. The Kier molecular flexibility index (Phi) is 8.67. The zero-order valence-electron chi connectivity index (χ0n) is 19.5. The van der Waals surface area contributed by atoms with Crippen LogP contribution in [-0.4, -0.2) is 45.7 Å². The number of hydrogen-bond acceptors (Lipinski definition) is 7. The third kappa shape index (κ3) is 7.25. The molecule has 2 atom stereocenters. The van der Waals surface area contributed by atoms with Crippen molar-refractivity contribution in [2.75, 3.05) is 11.9 Å². The van der Waals surface area contributed by atoms with Crippen molar-refractivity contribution in [2.45, 2.75) is 76.5 Å². The highest BCUT2D eigenvalue weighted by molar-refractivity contribution is 7.15. The second-order valence-electron chi connectivity index (χ2n) is 9.22. The molecular weight excluding hydrogens is 464 g/mol. The molecule has 1 fully saturated rings. The van der Waals surface area contributed by atoms with E-state index in [-0.39, 0.29) is 11.0 Å². The van der Waals surface area contributed by atoms with Crippen LogP contribution >= 0.6 is 11.3 Å². The lowest BCUT2D eigenvalue weighted by Crippen LogP contribution is -2.45. The first-order valence-corrected chi connectivity index (χ1v) is 12.2. The number of anilines is 1. The Morgan fingerprint density at radius 1 is 1.18 bits per heavy atom. The average molecular weight is 496 g/mol. The molecule has 2 aromatic rings. The highest BCUT2D eigenvalue weighted by Gasteiger charge is 2.29. The van der Waals surface area contributed by atoms with Crippen molar-refractivity contribution in [2.24, 2.45) is 0 Å². The summed E-state index contributed by atoms with van der Waals surface area (Å²) in [4.78, 5) is 25.3. The highest BCUT2D eigenvalue weighted by atomic mass is 32.1. The van der Waals surface area contributed by atoms with Gasteiger partial charge in [-0.25, -0.2) is 8.78 Å². The minimum atomic E-state index is -1.82. The van der Waals surface area contributed by atoms with Gasteiger partial charge in [-0.2, -0.15) is 0 Å². The largest absolute Gasteiger partial charge is 0.378 e. The summed E-state index contributed by atoms with van der Waals surface area (Å²) in [5.74, 6) is -3.27. The van der Waals surface area contributed by atoms with Crippen LogP contribution in [0.1, 0.15) is 69.6 Å². The van der Waals surface area contributed by atoms with Gasteiger partial charge in [0.1, 0.15) is 22.7 Å². The van der Waals surface area contributed by atoms with E-state index in [1.165, 1.54) is 24.2 Å². The van der Waals surface area contributed by atoms with E-state index in [0.717, 1.165) is 30.1 Å². The van der Waals surface area contributed by atoms with Crippen LogP contribution in [0.4, 0.5) is 13.9 Å². The van der Waals surface area contributed by atoms with Gasteiger partial charge >= 0.3 is 0 Å². The Balaban J connectivity index is 1.60. The number of halogens is 2. The zero-order chi connectivity index (χ0) is 24.9. The predicted octanol–water partition coefficient (Wildman–Crippen LogP) is 3.19. The molecule has 0 bridgehead atoms. The number of nitrogens with zero attached hydrogens (tertiary/aromatic N) is 2. The fourth-order valence-electron chi connectivity index (χ4n) is 3.42. The Morgan fingerprint density at radius 2 is 1.85 bits per heavy atom. The van der Waals surface area contributed by atoms with E-state index in [1.807, 2.05) is 6.92 Å². The molecule has 1 aliphatic rings. The van der Waals surface area contributed by atoms with E-state index in [1.54, 1.807) is 0 Å². The maximum Gasteiger partial charge on any atom is 0.254 e. The fourth-order valence-corrected chi connectivity index (χ4v) is 4.29. The second-order valence-corrected chi connectivity index (χ2v) is 10.2. The number of aromatic nitrogens is 2. The first-order chi connectivity index (χ1) is 16.1. The molecule has 34 heavy (non-hydrogen) atoms. The van der Waals surface area contributed by atoms with Gasteiger partial charge in [-0.3, -0.25) is 14.9 Å². The van der Waals surface area contributed by atoms with Gasteiger partial charge in [0.2, 0.25) is 11.0 Å². The van der Waals surface area contributed by atoms with Gasteiger partial charge in [0.15, 0.2) is 6.10 Å². The fraction of sp³-hybridized carbons (Fsp3) is 0.565. The summed E-state index contributed by atoms with van der Waals surface area (Å²) in [5.41, 5.74) is -0.456. The first-order valence-electron chi connectivity index (χ1n) is 11.4. The average Bonchev–Trinajstić information content (AvgIpc) is 3.46. The number of hydrogen-bond donors (Lipinski definition) is 4. The third-order valence-electron chi connectivity index (χ3n) is 5.65. The van der Waals surface area contributed by atoms with Crippen LogP contribution in [0.5, 0.6) is 0 Å². The number of nitrogens with one attached hydrogen (secondary N) is 3. The molecule has 0 aliphatic heterocycles. The van der Waals surface area contributed by atoms with Gasteiger partial charge in [0.25, 0.3) is 5.91 Å². The van der Waals surface area contributed by atoms with E-state index in [4.69, 9.17) is 0 Å². The van der Waals surface area contributed by atoms with Gasteiger partial charge in [-0.05, 0) is 49.9 Å². The number of carbonyl (C=O) groups is 2. The summed E-state index contributed by atoms with van der Waals surface area (Å²) in [6.07, 6.45) is 2.37. The summed E-state index contributed by atoms with van der Waals surface area (Å²) in [6, 6.07) is 2.04. The maximum atomic E-state index is 13.4. The van der Waals surface area contributed by atoms with Crippen LogP contribution in [0, 0.1) is 11.6 Å². The van der Waals surface area contributed by atoms with Crippen LogP contribution in [0.25, 0.3) is 0 Å². The van der Waals surface area contributed by atoms with Crippen molar-refractivity contribution in [3.05, 3.63) is 40.4 Å². The first kappa shape index (κ1) is 26.1. The zero-order valence-corrected chi connectivity index (χ0v) is 20.3. The van der Waals surface area contributed by atoms with E-state index in [2.05, 4.69) is 40.0 Å². The molecule has 0 saturated heterocycles. The molecule has 8 nitrogen and oxygen atoms in total. The van der Waals surface area contributed by atoms with Crippen LogP contribution in [0.15, 0.2) is 18.2 Å². The van der Waals surface area contributed by atoms with Gasteiger partial charge in [0.05, 0.1) is 0 Å². The minimum absolute atomic E-state index is 0.218. The SMILES string of the molecule is CCCC(NC(=O)C(O)c1cc(F)cc(F)c1)C(=O)Nc1nnc(C(C)(C)CCNC2CC2)s1. The molecule has 1 heterocycles. The molecule has 0 spiro atoms. The molecule has 0 radical (unpaired) electrons. The number of aliphatic hydroxyl groups excluding tert-OH is 1. The molecular formula is C23H31F2N5O3S. The van der Waals surface area contributed by atoms with Gasteiger partial charge in [-0.1, -0.05) is 38.5 Å². The summed E-state index contributed by atoms with van der Waals surface area (Å²) >= 11 is 1.28. The van der Waals surface area contributed by atoms with E-state index < -0.39 is 35.6 Å². The molecule has 186 valence electrons. The lowest BCUT2D eigenvalue weighted by molar-refractivity contribution is -0.133. The summed E-state index contributed by atoms with van der Waals surface area (Å²) < 4.78 is 26.9. The van der Waals surface area contributed by atoms with Crippen molar-refractivity contribution in [1.29, 1.82) is 0 Å². The van der Waals surface area contributed by atoms with Crippen LogP contribution in [0.2, 0.25) is 0 Å². The smallest absolute Gasteiger partial charge is 0.254 e. The molecule has 1 aliphatic carbocycles. The Labute approximate surface area is 201 Å². The summed E-state index contributed by atoms with van der Waals surface area (Å²) in [5, 5.41) is 28.3. The molecule has 3 rings (SSSR count). The lowest BCUT2D eigenvalue weighted by atomic mass is 9.90. The lowest BCUT2D eigenvalue weighted by Gasteiger charge is -2.21. The predicted molar refractivity (Wildman–Crippen MR) is 125 cm³/mol. The molecule has 2 amide bonds. The standard InChI is InChI=1S/C23H31F2N5O3S/c1-4-5-17(27-20(33)18(31)13-10-14(24)12-15(25)11-13)19(32)28-22-30-29-21(34-22)23(2,3)8-9-26-16-6-7-16/h10-12,16-18,26,31H,4-9H2,1-3H3,(H,27,33)(H,28,30,32). The van der Waals surface area contributed by atoms with Crippen molar-refractivity contribution in [3.63, 3.8) is 0 Å². The summed E-state index contributed by atoms with van der Waals surface area (Å²) in [7, 11) is 0. The number of rotatable bonds is 12. The van der Waals surface area contributed by atoms with Crippen molar-refractivity contribution >= 4 is 28.3 Å². The van der Waals surface area contributed by atoms with E-state index in [9.17, 15) is 23.5 Å². The number of benzene rings is 1. The van der Waals surface area contributed by atoms with Crippen molar-refractivity contribution in [3.8, 4) is 0 Å². The van der Waals surface area contributed by atoms with Gasteiger partial charge < -0.3 is 15.7 Å². The molecule has 1 aromatic heterocycles. The number of aliphatic hydroxyl groups is 1. The molecule has 2 unspecified atom stereocenters. The van der Waals surface area contributed by atoms with Crippen molar-refractivity contribution in [1.82, 2.24) is 20.8 Å². The van der Waals surface area contributed by atoms with Crippen molar-refractivity contribution < 1.29 is 23.5 Å². The van der Waals surface area contributed by atoms with Gasteiger partial charge in [0, 0.05) is 17.5 Å². The Hall–Kier alpha value is -2.50. The van der Waals surface area contributed by atoms with E-state index in [0.29, 0.717) is 30.1 Å².